The van der Waals surface area contributed by atoms with Crippen molar-refractivity contribution >= 4 is 5.96 Å². The molecule has 0 spiro atoms. The number of aromatic nitrogens is 1. The van der Waals surface area contributed by atoms with Crippen molar-refractivity contribution in [1.29, 1.82) is 0 Å². The van der Waals surface area contributed by atoms with Crippen LogP contribution < -0.4 is 15.8 Å². The molecule has 0 bridgehead atoms. The fraction of sp³-hybridized carbons (Fsp3) is 0.333. The molecule has 5 nitrogen and oxygen atoms in total. The Morgan fingerprint density at radius 1 is 1.50 bits per heavy atom. The fourth-order valence-electron chi connectivity index (χ4n) is 1.18. The van der Waals surface area contributed by atoms with Crippen LogP contribution in [0.4, 0.5) is 13.2 Å². The molecule has 1 rings (SSSR count). The SMILES string of the molecule is C=CCNC(N)=NCCOc1ccc(C(F)(F)F)cn1. The van der Waals surface area contributed by atoms with Gasteiger partial charge >= 0.3 is 6.18 Å². The average Bonchev–Trinajstić information content (AvgIpc) is 2.41. The van der Waals surface area contributed by atoms with Crippen molar-refractivity contribution in [3.05, 3.63) is 36.5 Å². The molecule has 0 radical (unpaired) electrons. The molecule has 0 amide bonds. The topological polar surface area (TPSA) is 72.5 Å². The highest BCUT2D eigenvalue weighted by atomic mass is 19.4. The van der Waals surface area contributed by atoms with Crippen molar-refractivity contribution in [3.8, 4) is 5.88 Å². The number of ether oxygens (including phenoxy) is 1. The van der Waals surface area contributed by atoms with Crippen LogP contribution in [-0.4, -0.2) is 30.6 Å². The number of nitrogens with one attached hydrogen (secondary N) is 1. The molecule has 8 heteroatoms. The van der Waals surface area contributed by atoms with Gasteiger partial charge in [0, 0.05) is 18.8 Å². The van der Waals surface area contributed by atoms with Crippen molar-refractivity contribution < 1.29 is 17.9 Å². The summed E-state index contributed by atoms with van der Waals surface area (Å²) in [7, 11) is 0. The van der Waals surface area contributed by atoms with Gasteiger partial charge in [0.15, 0.2) is 5.96 Å². The van der Waals surface area contributed by atoms with Crippen molar-refractivity contribution in [2.45, 2.75) is 6.18 Å². The molecule has 1 aromatic heterocycles. The maximum Gasteiger partial charge on any atom is 0.417 e. The number of rotatable bonds is 6. The molecule has 1 aromatic rings. The normalized spacial score (nSPS) is 12.1. The van der Waals surface area contributed by atoms with Gasteiger partial charge in [-0.2, -0.15) is 13.2 Å². The summed E-state index contributed by atoms with van der Waals surface area (Å²) >= 11 is 0. The van der Waals surface area contributed by atoms with Gasteiger partial charge in [-0.3, -0.25) is 0 Å². The average molecular weight is 288 g/mol. The minimum Gasteiger partial charge on any atom is -0.476 e. The van der Waals surface area contributed by atoms with Crippen molar-refractivity contribution in [3.63, 3.8) is 0 Å². The third kappa shape index (κ3) is 5.59. The highest BCUT2D eigenvalue weighted by molar-refractivity contribution is 5.77. The Morgan fingerprint density at radius 2 is 2.25 bits per heavy atom. The van der Waals surface area contributed by atoms with Crippen LogP contribution in [0.3, 0.4) is 0 Å². The Kier molecular flexibility index (Phi) is 5.82. The third-order valence-corrected chi connectivity index (χ3v) is 2.11. The lowest BCUT2D eigenvalue weighted by Gasteiger charge is -2.07. The number of halogens is 3. The summed E-state index contributed by atoms with van der Waals surface area (Å²) in [5.41, 5.74) is 4.68. The van der Waals surface area contributed by atoms with Gasteiger partial charge in [-0.1, -0.05) is 6.08 Å². The van der Waals surface area contributed by atoms with Gasteiger partial charge in [0.25, 0.3) is 0 Å². The number of nitrogens with two attached hydrogens (primary N) is 1. The van der Waals surface area contributed by atoms with Crippen molar-refractivity contribution in [2.75, 3.05) is 19.7 Å². The van der Waals surface area contributed by atoms with Crippen LogP contribution in [0.1, 0.15) is 5.56 Å². The van der Waals surface area contributed by atoms with Crippen molar-refractivity contribution in [2.24, 2.45) is 10.7 Å². The lowest BCUT2D eigenvalue weighted by molar-refractivity contribution is -0.137. The first-order valence-corrected chi connectivity index (χ1v) is 5.74. The molecule has 0 saturated heterocycles. The van der Waals surface area contributed by atoms with E-state index >= 15 is 0 Å². The van der Waals surface area contributed by atoms with E-state index in [0.29, 0.717) is 6.54 Å². The second-order valence-electron chi connectivity index (χ2n) is 3.67. The largest absolute Gasteiger partial charge is 0.476 e. The second kappa shape index (κ2) is 7.37. The predicted molar refractivity (Wildman–Crippen MR) is 69.4 cm³/mol. The van der Waals surface area contributed by atoms with E-state index in [9.17, 15) is 13.2 Å². The number of guanidine groups is 1. The molecule has 20 heavy (non-hydrogen) atoms. The Bertz CT molecular complexity index is 457. The third-order valence-electron chi connectivity index (χ3n) is 2.11. The Labute approximate surface area is 114 Å². The van der Waals surface area contributed by atoms with Gasteiger partial charge in [-0.05, 0) is 6.07 Å². The van der Waals surface area contributed by atoms with Crippen LogP contribution in [0.5, 0.6) is 5.88 Å². The van der Waals surface area contributed by atoms with Gasteiger partial charge in [-0.15, -0.1) is 6.58 Å². The zero-order valence-corrected chi connectivity index (χ0v) is 10.7. The van der Waals surface area contributed by atoms with Gasteiger partial charge in [0.05, 0.1) is 12.1 Å². The van der Waals surface area contributed by atoms with Gasteiger partial charge < -0.3 is 15.8 Å². The molecule has 110 valence electrons. The van der Waals surface area contributed by atoms with E-state index in [1.165, 1.54) is 0 Å². The highest BCUT2D eigenvalue weighted by Gasteiger charge is 2.30. The minimum atomic E-state index is -4.40. The molecule has 0 atom stereocenters. The number of hydrogen-bond acceptors (Lipinski definition) is 3. The van der Waals surface area contributed by atoms with Crippen LogP contribution in [0, 0.1) is 0 Å². The van der Waals surface area contributed by atoms with Crippen LogP contribution in [-0.2, 0) is 6.18 Å². The first-order valence-electron chi connectivity index (χ1n) is 5.74. The summed E-state index contributed by atoms with van der Waals surface area (Å²) in [6.07, 6.45) is -2.05. The molecular weight excluding hydrogens is 273 g/mol. The molecule has 0 aromatic carbocycles. The number of hydrogen-bond donors (Lipinski definition) is 2. The number of pyridine rings is 1. The number of aliphatic imine (C=N–C) groups is 1. The molecular formula is C12H15F3N4O. The Hall–Kier alpha value is -2.25. The van der Waals surface area contributed by atoms with Gasteiger partial charge in [-0.25, -0.2) is 9.98 Å². The zero-order chi connectivity index (χ0) is 15.0. The van der Waals surface area contributed by atoms with E-state index in [4.69, 9.17) is 10.5 Å². The molecule has 1 heterocycles. The van der Waals surface area contributed by atoms with E-state index in [-0.39, 0.29) is 25.0 Å². The standard InChI is InChI=1S/C12H15F3N4O/c1-2-5-17-11(16)18-6-7-20-10-4-3-9(8-19-10)12(13,14)15/h2-4,8H,1,5-7H2,(H3,16,17,18). The molecule has 0 aliphatic rings. The fourth-order valence-corrected chi connectivity index (χ4v) is 1.18. The van der Waals surface area contributed by atoms with E-state index < -0.39 is 11.7 Å². The lowest BCUT2D eigenvalue weighted by atomic mass is 10.3. The summed E-state index contributed by atoms with van der Waals surface area (Å²) in [4.78, 5) is 7.50. The molecule has 0 aliphatic carbocycles. The maximum absolute atomic E-state index is 12.3. The van der Waals surface area contributed by atoms with E-state index in [1.807, 2.05) is 0 Å². The molecule has 0 aliphatic heterocycles. The predicted octanol–water partition coefficient (Wildman–Crippen LogP) is 1.57. The summed E-state index contributed by atoms with van der Waals surface area (Å²) in [6.45, 7) is 4.43. The molecule has 0 saturated carbocycles. The van der Waals surface area contributed by atoms with E-state index in [2.05, 4.69) is 21.9 Å². The Balaban J connectivity index is 2.37. The summed E-state index contributed by atoms with van der Waals surface area (Å²) in [5.74, 6) is 0.347. The van der Waals surface area contributed by atoms with E-state index in [0.717, 1.165) is 18.3 Å². The van der Waals surface area contributed by atoms with Crippen molar-refractivity contribution in [1.82, 2.24) is 10.3 Å². The van der Waals surface area contributed by atoms with Crippen LogP contribution in [0.2, 0.25) is 0 Å². The molecule has 0 unspecified atom stereocenters. The number of alkyl halides is 3. The summed E-state index contributed by atoms with van der Waals surface area (Å²) < 4.78 is 42.0. The smallest absolute Gasteiger partial charge is 0.417 e. The molecule has 3 N–H and O–H groups in total. The second-order valence-corrected chi connectivity index (χ2v) is 3.67. The summed E-state index contributed by atoms with van der Waals surface area (Å²) in [5, 5.41) is 2.77. The van der Waals surface area contributed by atoms with E-state index in [1.54, 1.807) is 6.08 Å². The highest BCUT2D eigenvalue weighted by Crippen LogP contribution is 2.29. The van der Waals surface area contributed by atoms with Crippen LogP contribution in [0.25, 0.3) is 0 Å². The van der Waals surface area contributed by atoms with Gasteiger partial charge in [0.1, 0.15) is 6.61 Å². The number of nitrogens with zero attached hydrogens (tertiary/aromatic N) is 2. The summed E-state index contributed by atoms with van der Waals surface area (Å²) in [6, 6.07) is 2.07. The quantitative estimate of drug-likeness (QED) is 0.361. The Morgan fingerprint density at radius 3 is 2.80 bits per heavy atom. The minimum absolute atomic E-state index is 0.103. The van der Waals surface area contributed by atoms with Crippen LogP contribution >= 0.6 is 0 Å². The first-order chi connectivity index (χ1) is 9.43. The zero-order valence-electron chi connectivity index (χ0n) is 10.7. The van der Waals surface area contributed by atoms with Gasteiger partial charge in [0.2, 0.25) is 5.88 Å². The first kappa shape index (κ1) is 15.8. The lowest BCUT2D eigenvalue weighted by Crippen LogP contribution is -2.32. The molecule has 0 fully saturated rings. The maximum atomic E-state index is 12.3. The van der Waals surface area contributed by atoms with Crippen LogP contribution in [0.15, 0.2) is 36.0 Å². The monoisotopic (exact) mass is 288 g/mol.